The molecule has 2 rings (SSSR count). The maximum atomic E-state index is 12.8. The number of hydrogen-bond acceptors (Lipinski definition) is 4. The van der Waals surface area contributed by atoms with E-state index in [4.69, 9.17) is 4.74 Å². The van der Waals surface area contributed by atoms with Crippen LogP contribution in [0.25, 0.3) is 0 Å². The SMILES string of the molecule is Cc1nc(C(F)(F)F)c(CN(C)C[C@@H]2CCCO2)s1. The average Bonchev–Trinajstić information content (AvgIpc) is 2.87. The van der Waals surface area contributed by atoms with Crippen LogP contribution in [-0.2, 0) is 17.5 Å². The third-order valence-corrected chi connectivity index (χ3v) is 3.98. The van der Waals surface area contributed by atoms with E-state index in [1.54, 1.807) is 6.92 Å². The van der Waals surface area contributed by atoms with Crippen LogP contribution in [0.15, 0.2) is 0 Å². The molecule has 1 aliphatic rings. The Morgan fingerprint density at radius 1 is 1.47 bits per heavy atom. The van der Waals surface area contributed by atoms with Gasteiger partial charge in [-0.1, -0.05) is 0 Å². The third kappa shape index (κ3) is 3.90. The molecule has 7 heteroatoms. The Bertz CT molecular complexity index is 427. The zero-order chi connectivity index (χ0) is 14.0. The monoisotopic (exact) mass is 294 g/mol. The molecule has 0 aromatic carbocycles. The van der Waals surface area contributed by atoms with Gasteiger partial charge in [0.1, 0.15) is 0 Å². The van der Waals surface area contributed by atoms with E-state index in [0.29, 0.717) is 11.6 Å². The Labute approximate surface area is 114 Å². The smallest absolute Gasteiger partial charge is 0.377 e. The summed E-state index contributed by atoms with van der Waals surface area (Å²) >= 11 is 1.11. The Kier molecular flexibility index (Phi) is 4.47. The van der Waals surface area contributed by atoms with Crippen molar-refractivity contribution in [3.05, 3.63) is 15.6 Å². The zero-order valence-corrected chi connectivity index (χ0v) is 11.8. The normalized spacial score (nSPS) is 20.4. The van der Waals surface area contributed by atoms with Gasteiger partial charge in [0.25, 0.3) is 0 Å². The second-order valence-electron chi connectivity index (χ2n) is 4.83. The van der Waals surface area contributed by atoms with Gasteiger partial charge < -0.3 is 4.74 Å². The Hall–Kier alpha value is -0.660. The molecule has 0 saturated carbocycles. The van der Waals surface area contributed by atoms with E-state index in [2.05, 4.69) is 4.98 Å². The molecule has 0 N–H and O–H groups in total. The highest BCUT2D eigenvalue weighted by molar-refractivity contribution is 7.11. The van der Waals surface area contributed by atoms with E-state index in [0.717, 1.165) is 30.8 Å². The second-order valence-corrected chi connectivity index (χ2v) is 6.12. The summed E-state index contributed by atoms with van der Waals surface area (Å²) in [5.74, 6) is 0. The van der Waals surface area contributed by atoms with Crippen LogP contribution in [0.5, 0.6) is 0 Å². The molecule has 1 atom stereocenters. The summed E-state index contributed by atoms with van der Waals surface area (Å²) < 4.78 is 43.9. The number of halogens is 3. The lowest BCUT2D eigenvalue weighted by molar-refractivity contribution is -0.141. The van der Waals surface area contributed by atoms with Crippen LogP contribution in [0.2, 0.25) is 0 Å². The average molecular weight is 294 g/mol. The standard InChI is InChI=1S/C12H17F3N2OS/c1-8-16-11(12(13,14)15)10(19-8)7-17(2)6-9-4-3-5-18-9/h9H,3-7H2,1-2H3/t9-/m0/s1. The molecular weight excluding hydrogens is 277 g/mol. The molecule has 0 aliphatic carbocycles. The van der Waals surface area contributed by atoms with Gasteiger partial charge >= 0.3 is 6.18 Å². The summed E-state index contributed by atoms with van der Waals surface area (Å²) in [6, 6.07) is 0. The first kappa shape index (κ1) is 14.7. The maximum Gasteiger partial charge on any atom is 0.434 e. The van der Waals surface area contributed by atoms with E-state index in [9.17, 15) is 13.2 Å². The molecule has 1 aromatic heterocycles. The van der Waals surface area contributed by atoms with Crippen molar-refractivity contribution in [2.75, 3.05) is 20.2 Å². The predicted molar refractivity (Wildman–Crippen MR) is 67.2 cm³/mol. The summed E-state index contributed by atoms with van der Waals surface area (Å²) in [6.07, 6.45) is -2.21. The molecule has 1 fully saturated rings. The number of likely N-dealkylation sites (N-methyl/N-ethyl adjacent to an activating group) is 1. The Balaban J connectivity index is 2.01. The number of aromatic nitrogens is 1. The van der Waals surface area contributed by atoms with Gasteiger partial charge in [-0.15, -0.1) is 11.3 Å². The lowest BCUT2D eigenvalue weighted by atomic mass is 10.2. The van der Waals surface area contributed by atoms with Crippen molar-refractivity contribution < 1.29 is 17.9 Å². The molecule has 1 saturated heterocycles. The highest BCUT2D eigenvalue weighted by atomic mass is 32.1. The lowest BCUT2D eigenvalue weighted by Gasteiger charge is -2.20. The minimum Gasteiger partial charge on any atom is -0.377 e. The van der Waals surface area contributed by atoms with Crippen molar-refractivity contribution >= 4 is 11.3 Å². The predicted octanol–water partition coefficient (Wildman–Crippen LogP) is 3.08. The number of hydrogen-bond donors (Lipinski definition) is 0. The van der Waals surface area contributed by atoms with Gasteiger partial charge in [0.15, 0.2) is 5.69 Å². The summed E-state index contributed by atoms with van der Waals surface area (Å²) in [4.78, 5) is 5.76. The molecule has 0 amide bonds. The van der Waals surface area contributed by atoms with Crippen molar-refractivity contribution in [1.29, 1.82) is 0 Å². The minimum absolute atomic E-state index is 0.147. The summed E-state index contributed by atoms with van der Waals surface area (Å²) in [7, 11) is 1.82. The van der Waals surface area contributed by atoms with Crippen molar-refractivity contribution in [2.45, 2.75) is 38.6 Å². The van der Waals surface area contributed by atoms with Crippen LogP contribution in [0, 0.1) is 6.92 Å². The second kappa shape index (κ2) is 5.76. The number of ether oxygens (including phenoxy) is 1. The minimum atomic E-state index is -4.37. The molecular formula is C12H17F3N2OS. The number of rotatable bonds is 4. The maximum absolute atomic E-state index is 12.8. The molecule has 2 heterocycles. The molecule has 0 bridgehead atoms. The topological polar surface area (TPSA) is 25.4 Å². The van der Waals surface area contributed by atoms with E-state index >= 15 is 0 Å². The van der Waals surface area contributed by atoms with Crippen molar-refractivity contribution in [3.63, 3.8) is 0 Å². The van der Waals surface area contributed by atoms with E-state index in [-0.39, 0.29) is 17.5 Å². The molecule has 108 valence electrons. The zero-order valence-electron chi connectivity index (χ0n) is 11.0. The van der Waals surface area contributed by atoms with Gasteiger partial charge in [0.2, 0.25) is 0 Å². The first-order valence-corrected chi connectivity index (χ1v) is 7.01. The van der Waals surface area contributed by atoms with Crippen LogP contribution in [-0.4, -0.2) is 36.2 Å². The fourth-order valence-electron chi connectivity index (χ4n) is 2.24. The number of thiazole rings is 1. The highest BCUT2D eigenvalue weighted by Crippen LogP contribution is 2.34. The molecule has 1 aliphatic heterocycles. The fourth-order valence-corrected chi connectivity index (χ4v) is 3.28. The van der Waals surface area contributed by atoms with Gasteiger partial charge in [0, 0.05) is 19.7 Å². The van der Waals surface area contributed by atoms with Gasteiger partial charge in [-0.2, -0.15) is 13.2 Å². The van der Waals surface area contributed by atoms with E-state index in [1.807, 2.05) is 11.9 Å². The quantitative estimate of drug-likeness (QED) is 0.853. The molecule has 0 unspecified atom stereocenters. The van der Waals surface area contributed by atoms with Crippen molar-refractivity contribution in [1.82, 2.24) is 9.88 Å². The van der Waals surface area contributed by atoms with Gasteiger partial charge in [-0.3, -0.25) is 4.90 Å². The molecule has 0 radical (unpaired) electrons. The largest absolute Gasteiger partial charge is 0.434 e. The molecule has 19 heavy (non-hydrogen) atoms. The molecule has 1 aromatic rings. The van der Waals surface area contributed by atoms with Crippen LogP contribution in [0.3, 0.4) is 0 Å². The number of nitrogens with zero attached hydrogens (tertiary/aromatic N) is 2. The number of aryl methyl sites for hydroxylation is 1. The first-order chi connectivity index (χ1) is 8.86. The highest BCUT2D eigenvalue weighted by Gasteiger charge is 2.37. The van der Waals surface area contributed by atoms with E-state index < -0.39 is 11.9 Å². The first-order valence-electron chi connectivity index (χ1n) is 6.20. The Morgan fingerprint density at radius 2 is 2.21 bits per heavy atom. The van der Waals surface area contributed by atoms with Gasteiger partial charge in [0.05, 0.1) is 16.0 Å². The molecule has 3 nitrogen and oxygen atoms in total. The summed E-state index contributed by atoms with van der Waals surface area (Å²) in [6.45, 7) is 3.28. The van der Waals surface area contributed by atoms with Gasteiger partial charge in [-0.25, -0.2) is 4.98 Å². The molecule has 0 spiro atoms. The fraction of sp³-hybridized carbons (Fsp3) is 0.750. The summed E-state index contributed by atoms with van der Waals surface area (Å²) in [5, 5.41) is 0.452. The summed E-state index contributed by atoms with van der Waals surface area (Å²) in [5.41, 5.74) is -0.741. The van der Waals surface area contributed by atoms with Crippen LogP contribution in [0.1, 0.15) is 28.4 Å². The van der Waals surface area contributed by atoms with Gasteiger partial charge in [-0.05, 0) is 26.8 Å². The number of alkyl halides is 3. The van der Waals surface area contributed by atoms with Crippen LogP contribution < -0.4 is 0 Å². The van der Waals surface area contributed by atoms with Crippen molar-refractivity contribution in [3.8, 4) is 0 Å². The lowest BCUT2D eigenvalue weighted by Crippen LogP contribution is -2.28. The third-order valence-electron chi connectivity index (χ3n) is 3.03. The van der Waals surface area contributed by atoms with Crippen LogP contribution >= 0.6 is 11.3 Å². The van der Waals surface area contributed by atoms with E-state index in [1.165, 1.54) is 0 Å². The van der Waals surface area contributed by atoms with Crippen molar-refractivity contribution in [2.24, 2.45) is 0 Å². The van der Waals surface area contributed by atoms with Crippen LogP contribution in [0.4, 0.5) is 13.2 Å². The Morgan fingerprint density at radius 3 is 2.79 bits per heavy atom.